The molecule has 1 fully saturated rings. The van der Waals surface area contributed by atoms with Crippen LogP contribution in [0.4, 0.5) is 0 Å². The zero-order valence-corrected chi connectivity index (χ0v) is 21.1. The molecule has 3 heterocycles. The summed E-state index contributed by atoms with van der Waals surface area (Å²) in [6, 6.07) is 8.70. The SMILES string of the molecule is CCCN(CCC)C1CCN(C(=O)c2ccc(CN(Cc3ncc[nH]3)Cc3ncc[nH]3)cc2)CC1. The molecule has 0 radical (unpaired) electrons. The number of nitrogens with one attached hydrogen (secondary N) is 2. The molecule has 1 amide bonds. The summed E-state index contributed by atoms with van der Waals surface area (Å²) >= 11 is 0. The summed E-state index contributed by atoms with van der Waals surface area (Å²) in [5.41, 5.74) is 1.93. The summed E-state index contributed by atoms with van der Waals surface area (Å²) < 4.78 is 0. The lowest BCUT2D eigenvalue weighted by molar-refractivity contribution is 0.0618. The molecule has 2 aromatic heterocycles. The van der Waals surface area contributed by atoms with E-state index in [1.807, 2.05) is 29.4 Å². The van der Waals surface area contributed by atoms with Gasteiger partial charge in [-0.15, -0.1) is 0 Å². The van der Waals surface area contributed by atoms with Crippen molar-refractivity contribution in [2.24, 2.45) is 0 Å². The summed E-state index contributed by atoms with van der Waals surface area (Å²) in [5.74, 6) is 1.99. The van der Waals surface area contributed by atoms with Crippen molar-refractivity contribution in [3.63, 3.8) is 0 Å². The molecular formula is C27H39N7O. The van der Waals surface area contributed by atoms with Crippen LogP contribution in [0.15, 0.2) is 49.1 Å². The molecule has 0 spiro atoms. The molecule has 35 heavy (non-hydrogen) atoms. The minimum absolute atomic E-state index is 0.149. The number of aromatic nitrogens is 4. The van der Waals surface area contributed by atoms with Crippen molar-refractivity contribution in [2.45, 2.75) is 65.2 Å². The van der Waals surface area contributed by atoms with Crippen molar-refractivity contribution < 1.29 is 4.79 Å². The van der Waals surface area contributed by atoms with Crippen LogP contribution in [-0.4, -0.2) is 72.8 Å². The van der Waals surface area contributed by atoms with E-state index in [0.29, 0.717) is 19.1 Å². The number of benzene rings is 1. The van der Waals surface area contributed by atoms with Crippen molar-refractivity contribution in [3.05, 3.63) is 71.8 Å². The fourth-order valence-electron chi connectivity index (χ4n) is 5.04. The highest BCUT2D eigenvalue weighted by molar-refractivity contribution is 5.94. The summed E-state index contributed by atoms with van der Waals surface area (Å²) in [4.78, 5) is 35.2. The van der Waals surface area contributed by atoms with Crippen LogP contribution in [0.5, 0.6) is 0 Å². The molecule has 3 aromatic rings. The average molecular weight is 478 g/mol. The Morgan fingerprint density at radius 1 is 0.914 bits per heavy atom. The van der Waals surface area contributed by atoms with Crippen molar-refractivity contribution >= 4 is 5.91 Å². The fraction of sp³-hybridized carbons (Fsp3) is 0.519. The van der Waals surface area contributed by atoms with E-state index in [-0.39, 0.29) is 5.91 Å². The van der Waals surface area contributed by atoms with Crippen LogP contribution >= 0.6 is 0 Å². The second-order valence-corrected chi connectivity index (χ2v) is 9.47. The van der Waals surface area contributed by atoms with Gasteiger partial charge in [-0.05, 0) is 56.5 Å². The predicted octanol–water partition coefficient (Wildman–Crippen LogP) is 4.06. The average Bonchev–Trinajstić information content (AvgIpc) is 3.59. The maximum absolute atomic E-state index is 13.2. The number of rotatable bonds is 12. The van der Waals surface area contributed by atoms with Gasteiger partial charge >= 0.3 is 0 Å². The van der Waals surface area contributed by atoms with Gasteiger partial charge < -0.3 is 19.8 Å². The number of hydrogen-bond donors (Lipinski definition) is 2. The number of likely N-dealkylation sites (tertiary alicyclic amines) is 1. The minimum Gasteiger partial charge on any atom is -0.348 e. The molecular weight excluding hydrogens is 438 g/mol. The van der Waals surface area contributed by atoms with E-state index in [2.05, 4.69) is 55.7 Å². The largest absolute Gasteiger partial charge is 0.348 e. The number of piperidine rings is 1. The minimum atomic E-state index is 0.149. The number of carbonyl (C=O) groups is 1. The van der Waals surface area contributed by atoms with Gasteiger partial charge in [0.2, 0.25) is 0 Å². The molecule has 1 saturated heterocycles. The Morgan fingerprint density at radius 2 is 1.49 bits per heavy atom. The smallest absolute Gasteiger partial charge is 0.253 e. The molecule has 2 N–H and O–H groups in total. The van der Waals surface area contributed by atoms with E-state index in [4.69, 9.17) is 0 Å². The molecule has 188 valence electrons. The van der Waals surface area contributed by atoms with Gasteiger partial charge in [0.15, 0.2) is 0 Å². The Kier molecular flexibility index (Phi) is 9.08. The maximum Gasteiger partial charge on any atom is 0.253 e. The van der Waals surface area contributed by atoms with E-state index in [0.717, 1.165) is 68.3 Å². The highest BCUT2D eigenvalue weighted by Crippen LogP contribution is 2.20. The first-order chi connectivity index (χ1) is 17.2. The highest BCUT2D eigenvalue weighted by atomic mass is 16.2. The molecule has 1 aromatic carbocycles. The fourth-order valence-corrected chi connectivity index (χ4v) is 5.04. The monoisotopic (exact) mass is 477 g/mol. The summed E-state index contributed by atoms with van der Waals surface area (Å²) in [6.45, 7) is 10.6. The van der Waals surface area contributed by atoms with Gasteiger partial charge in [-0.1, -0.05) is 26.0 Å². The standard InChI is InChI=1S/C27H39N7O/c1-3-15-33(16-4-2)24-9-17-34(18-10-24)27(35)23-7-5-22(6-8-23)19-32(20-25-28-11-12-29-25)21-26-30-13-14-31-26/h5-8,11-14,24H,3-4,9-10,15-21H2,1-2H3,(H,28,29)(H,30,31). The van der Waals surface area contributed by atoms with Crippen molar-refractivity contribution in [2.75, 3.05) is 26.2 Å². The Labute approximate surface area is 208 Å². The van der Waals surface area contributed by atoms with E-state index in [1.165, 1.54) is 12.8 Å². The van der Waals surface area contributed by atoms with Gasteiger partial charge in [0.25, 0.3) is 5.91 Å². The van der Waals surface area contributed by atoms with Gasteiger partial charge in [-0.2, -0.15) is 0 Å². The molecule has 0 saturated carbocycles. The molecule has 0 aliphatic carbocycles. The third kappa shape index (κ3) is 7.02. The predicted molar refractivity (Wildman–Crippen MR) is 138 cm³/mol. The Bertz CT molecular complexity index is 951. The van der Waals surface area contributed by atoms with Crippen LogP contribution < -0.4 is 0 Å². The van der Waals surface area contributed by atoms with Crippen molar-refractivity contribution in [3.8, 4) is 0 Å². The van der Waals surface area contributed by atoms with E-state index < -0.39 is 0 Å². The molecule has 8 nitrogen and oxygen atoms in total. The van der Waals surface area contributed by atoms with E-state index >= 15 is 0 Å². The number of nitrogens with zero attached hydrogens (tertiary/aromatic N) is 5. The molecule has 4 rings (SSSR count). The Balaban J connectivity index is 1.34. The van der Waals surface area contributed by atoms with Crippen LogP contribution in [-0.2, 0) is 19.6 Å². The van der Waals surface area contributed by atoms with Gasteiger partial charge in [0, 0.05) is 56.0 Å². The first-order valence-electron chi connectivity index (χ1n) is 13.0. The second kappa shape index (κ2) is 12.7. The van der Waals surface area contributed by atoms with E-state index in [9.17, 15) is 4.79 Å². The number of hydrogen-bond acceptors (Lipinski definition) is 5. The summed E-state index contributed by atoms with van der Waals surface area (Å²) in [6.07, 6.45) is 11.7. The van der Waals surface area contributed by atoms with Crippen LogP contribution in [0.1, 0.15) is 67.1 Å². The molecule has 1 aliphatic heterocycles. The van der Waals surface area contributed by atoms with Crippen LogP contribution in [0.2, 0.25) is 0 Å². The van der Waals surface area contributed by atoms with Crippen LogP contribution in [0, 0.1) is 0 Å². The normalized spacial score (nSPS) is 14.8. The number of carbonyl (C=O) groups excluding carboxylic acids is 1. The molecule has 0 bridgehead atoms. The van der Waals surface area contributed by atoms with Crippen LogP contribution in [0.3, 0.4) is 0 Å². The zero-order chi connectivity index (χ0) is 24.5. The van der Waals surface area contributed by atoms with Gasteiger partial charge in [0.1, 0.15) is 11.6 Å². The molecule has 0 atom stereocenters. The van der Waals surface area contributed by atoms with Crippen molar-refractivity contribution in [1.29, 1.82) is 0 Å². The maximum atomic E-state index is 13.2. The zero-order valence-electron chi connectivity index (χ0n) is 21.1. The second-order valence-electron chi connectivity index (χ2n) is 9.47. The highest BCUT2D eigenvalue weighted by Gasteiger charge is 2.26. The summed E-state index contributed by atoms with van der Waals surface area (Å²) in [5, 5.41) is 0. The van der Waals surface area contributed by atoms with Crippen molar-refractivity contribution in [1.82, 2.24) is 34.6 Å². The van der Waals surface area contributed by atoms with Gasteiger partial charge in [0.05, 0.1) is 13.1 Å². The summed E-state index contributed by atoms with van der Waals surface area (Å²) in [7, 11) is 0. The first kappa shape index (κ1) is 25.1. The molecule has 1 aliphatic rings. The topological polar surface area (TPSA) is 84.2 Å². The lowest BCUT2D eigenvalue weighted by atomic mass is 10.0. The third-order valence-corrected chi connectivity index (χ3v) is 6.75. The molecule has 0 unspecified atom stereocenters. The lowest BCUT2D eigenvalue weighted by Gasteiger charge is -2.38. The van der Waals surface area contributed by atoms with Crippen LogP contribution in [0.25, 0.3) is 0 Å². The molecule has 8 heteroatoms. The number of amides is 1. The quantitative estimate of drug-likeness (QED) is 0.411. The van der Waals surface area contributed by atoms with Gasteiger partial charge in [-0.3, -0.25) is 9.69 Å². The Hall–Kier alpha value is -2.97. The number of aromatic amines is 2. The number of H-pyrrole nitrogens is 2. The lowest BCUT2D eigenvalue weighted by Crippen LogP contribution is -2.47. The first-order valence-corrected chi connectivity index (χ1v) is 13.0. The van der Waals surface area contributed by atoms with Gasteiger partial charge in [-0.25, -0.2) is 9.97 Å². The third-order valence-electron chi connectivity index (χ3n) is 6.75. The number of imidazole rings is 2. The Morgan fingerprint density at radius 3 is 1.97 bits per heavy atom. The van der Waals surface area contributed by atoms with E-state index in [1.54, 1.807) is 12.4 Å².